The van der Waals surface area contributed by atoms with Crippen molar-refractivity contribution >= 4 is 17.7 Å². The molecule has 0 radical (unpaired) electrons. The Hall–Kier alpha value is -2.95. The third-order valence-electron chi connectivity index (χ3n) is 5.78. The van der Waals surface area contributed by atoms with E-state index in [1.807, 2.05) is 12.1 Å². The van der Waals surface area contributed by atoms with Crippen LogP contribution in [0.25, 0.3) is 0 Å². The largest absolute Gasteiger partial charge is 0.478 e. The normalized spacial score (nSPS) is 10.8. The second kappa shape index (κ2) is 13.5. The van der Waals surface area contributed by atoms with E-state index in [4.69, 9.17) is 5.11 Å². The number of hydrogen-bond acceptors (Lipinski definition) is 3. The predicted octanol–water partition coefficient (Wildman–Crippen LogP) is 6.78. The molecule has 2 aromatic carbocycles. The van der Waals surface area contributed by atoms with Gasteiger partial charge in [0, 0.05) is 11.1 Å². The van der Waals surface area contributed by atoms with Gasteiger partial charge in [-0.3, -0.25) is 4.79 Å². The summed E-state index contributed by atoms with van der Waals surface area (Å²) in [5.41, 5.74) is 1.06. The van der Waals surface area contributed by atoms with Crippen molar-refractivity contribution in [1.82, 2.24) is 0 Å². The zero-order chi connectivity index (χ0) is 23.3. The fourth-order valence-electron chi connectivity index (χ4n) is 3.85. The first-order valence-electron chi connectivity index (χ1n) is 11.7. The highest BCUT2D eigenvalue weighted by Crippen LogP contribution is 2.19. The molecule has 172 valence electrons. The molecule has 0 aliphatic carbocycles. The fourth-order valence-corrected chi connectivity index (χ4v) is 3.85. The Kier molecular flexibility index (Phi) is 10.6. The van der Waals surface area contributed by atoms with Gasteiger partial charge in [0.05, 0.1) is 11.1 Å². The van der Waals surface area contributed by atoms with Gasteiger partial charge < -0.3 is 10.2 Å². The molecule has 0 saturated carbocycles. The van der Waals surface area contributed by atoms with Crippen LogP contribution in [0.15, 0.2) is 42.5 Å². The van der Waals surface area contributed by atoms with E-state index in [-0.39, 0.29) is 16.7 Å². The van der Waals surface area contributed by atoms with Crippen molar-refractivity contribution in [3.05, 3.63) is 70.3 Å². The monoisotopic (exact) mass is 438 g/mol. The van der Waals surface area contributed by atoms with Gasteiger partial charge in [0.2, 0.25) is 0 Å². The van der Waals surface area contributed by atoms with Gasteiger partial charge in [-0.15, -0.1) is 0 Å². The lowest BCUT2D eigenvalue weighted by Crippen LogP contribution is -2.12. The summed E-state index contributed by atoms with van der Waals surface area (Å²) < 4.78 is 0. The Morgan fingerprint density at radius 2 is 1.16 bits per heavy atom. The first-order chi connectivity index (χ1) is 15.4. The van der Waals surface area contributed by atoms with Gasteiger partial charge in [-0.2, -0.15) is 0 Å². The van der Waals surface area contributed by atoms with Gasteiger partial charge in [-0.1, -0.05) is 89.0 Å². The maximum Gasteiger partial charge on any atom is 0.336 e. The zero-order valence-corrected chi connectivity index (χ0v) is 18.9. The molecular formula is C27H34O5. The molecule has 0 aliphatic heterocycles. The first-order valence-corrected chi connectivity index (χ1v) is 11.7. The summed E-state index contributed by atoms with van der Waals surface area (Å²) in [5.74, 6) is -2.96. The molecule has 0 amide bonds. The lowest BCUT2D eigenvalue weighted by molar-refractivity contribution is 0.0679. The van der Waals surface area contributed by atoms with E-state index in [0.29, 0.717) is 5.56 Å². The number of benzene rings is 2. The number of rotatable bonds is 15. The van der Waals surface area contributed by atoms with Crippen LogP contribution in [0.1, 0.15) is 113 Å². The van der Waals surface area contributed by atoms with Gasteiger partial charge >= 0.3 is 11.9 Å². The van der Waals surface area contributed by atoms with Crippen LogP contribution in [0.2, 0.25) is 0 Å². The second-order valence-electron chi connectivity index (χ2n) is 8.33. The predicted molar refractivity (Wildman–Crippen MR) is 126 cm³/mol. The van der Waals surface area contributed by atoms with Crippen LogP contribution in [0.3, 0.4) is 0 Å². The van der Waals surface area contributed by atoms with Crippen LogP contribution in [0.4, 0.5) is 0 Å². The van der Waals surface area contributed by atoms with Crippen molar-refractivity contribution in [2.24, 2.45) is 0 Å². The van der Waals surface area contributed by atoms with E-state index < -0.39 is 17.7 Å². The summed E-state index contributed by atoms with van der Waals surface area (Å²) in [6.45, 7) is 2.24. The number of carbonyl (C=O) groups is 3. The fraction of sp³-hybridized carbons (Fsp3) is 0.444. The maximum absolute atomic E-state index is 12.8. The highest BCUT2D eigenvalue weighted by Gasteiger charge is 2.20. The number of ketones is 1. The molecule has 0 unspecified atom stereocenters. The van der Waals surface area contributed by atoms with Crippen LogP contribution in [0.5, 0.6) is 0 Å². The van der Waals surface area contributed by atoms with Gasteiger partial charge in [0.25, 0.3) is 0 Å². The Balaban J connectivity index is 1.85. The van der Waals surface area contributed by atoms with E-state index >= 15 is 0 Å². The number of carboxylic acids is 2. The number of aromatic carboxylic acids is 2. The summed E-state index contributed by atoms with van der Waals surface area (Å²) in [7, 11) is 0. The van der Waals surface area contributed by atoms with Crippen LogP contribution in [-0.2, 0) is 6.42 Å². The molecule has 0 heterocycles. The molecule has 2 N–H and O–H groups in total. The van der Waals surface area contributed by atoms with E-state index in [9.17, 15) is 19.5 Å². The van der Waals surface area contributed by atoms with Crippen molar-refractivity contribution < 1.29 is 24.6 Å². The molecule has 0 spiro atoms. The minimum atomic E-state index is -1.26. The molecule has 0 saturated heterocycles. The number of hydrogen-bond donors (Lipinski definition) is 2. The second-order valence-corrected chi connectivity index (χ2v) is 8.33. The van der Waals surface area contributed by atoms with Gasteiger partial charge in [0.15, 0.2) is 5.78 Å². The van der Waals surface area contributed by atoms with Crippen molar-refractivity contribution in [2.75, 3.05) is 0 Å². The Labute approximate surface area is 190 Å². The van der Waals surface area contributed by atoms with Crippen LogP contribution >= 0.6 is 0 Å². The highest BCUT2D eigenvalue weighted by molar-refractivity contribution is 6.15. The molecule has 2 aromatic rings. The SMILES string of the molecule is CCCCCCCCCCCCc1ccc(C(=O)c2cc(C(=O)O)ccc2C(=O)O)cc1. The Bertz CT molecular complexity index is 899. The summed E-state index contributed by atoms with van der Waals surface area (Å²) in [5, 5.41) is 18.5. The van der Waals surface area contributed by atoms with Crippen LogP contribution in [0, 0.1) is 0 Å². The number of aryl methyl sites for hydroxylation is 1. The number of carboxylic acid groups (broad SMARTS) is 2. The van der Waals surface area contributed by atoms with E-state index in [2.05, 4.69) is 6.92 Å². The van der Waals surface area contributed by atoms with Gasteiger partial charge in [-0.25, -0.2) is 9.59 Å². The minimum Gasteiger partial charge on any atom is -0.478 e. The first kappa shape index (κ1) is 25.3. The highest BCUT2D eigenvalue weighted by atomic mass is 16.4. The average Bonchev–Trinajstić information content (AvgIpc) is 2.79. The summed E-state index contributed by atoms with van der Waals surface area (Å²) in [4.78, 5) is 35.5. The smallest absolute Gasteiger partial charge is 0.336 e. The van der Waals surface area contributed by atoms with Crippen LogP contribution < -0.4 is 0 Å². The van der Waals surface area contributed by atoms with Gasteiger partial charge in [0.1, 0.15) is 0 Å². The molecule has 0 bridgehead atoms. The number of unbranched alkanes of at least 4 members (excludes halogenated alkanes) is 9. The standard InChI is InChI=1S/C27H34O5/c1-2-3-4-5-6-7-8-9-10-11-12-20-13-15-21(16-14-20)25(28)24-19-22(26(29)30)17-18-23(24)27(31)32/h13-19H,2-12H2,1H3,(H,29,30)(H,31,32). The van der Waals surface area contributed by atoms with Gasteiger partial charge in [-0.05, 0) is 36.6 Å². The van der Waals surface area contributed by atoms with Crippen molar-refractivity contribution in [1.29, 1.82) is 0 Å². The molecule has 32 heavy (non-hydrogen) atoms. The lowest BCUT2D eigenvalue weighted by Gasteiger charge is -2.08. The summed E-state index contributed by atoms with van der Waals surface area (Å²) >= 11 is 0. The molecule has 2 rings (SSSR count). The maximum atomic E-state index is 12.8. The van der Waals surface area contributed by atoms with E-state index in [1.54, 1.807) is 12.1 Å². The van der Waals surface area contributed by atoms with E-state index in [0.717, 1.165) is 24.5 Å². The molecular weight excluding hydrogens is 404 g/mol. The van der Waals surface area contributed by atoms with Crippen molar-refractivity contribution in [2.45, 2.75) is 77.6 Å². The molecule has 5 nitrogen and oxygen atoms in total. The molecule has 5 heteroatoms. The van der Waals surface area contributed by atoms with E-state index in [1.165, 1.54) is 69.9 Å². The summed E-state index contributed by atoms with van der Waals surface area (Å²) in [6, 6.07) is 10.6. The third kappa shape index (κ3) is 7.95. The van der Waals surface area contributed by atoms with Crippen molar-refractivity contribution in [3.8, 4) is 0 Å². The molecule has 0 atom stereocenters. The lowest BCUT2D eigenvalue weighted by atomic mass is 9.95. The molecule has 0 fully saturated rings. The number of carbonyl (C=O) groups excluding carboxylic acids is 1. The topological polar surface area (TPSA) is 91.7 Å². The zero-order valence-electron chi connectivity index (χ0n) is 18.9. The molecule has 0 aromatic heterocycles. The summed E-state index contributed by atoms with van der Waals surface area (Å²) in [6.07, 6.45) is 13.8. The van der Waals surface area contributed by atoms with Crippen molar-refractivity contribution in [3.63, 3.8) is 0 Å². The molecule has 0 aliphatic rings. The average molecular weight is 439 g/mol. The third-order valence-corrected chi connectivity index (χ3v) is 5.78. The minimum absolute atomic E-state index is 0.111. The quantitative estimate of drug-likeness (QED) is 0.236. The van der Waals surface area contributed by atoms with Crippen LogP contribution in [-0.4, -0.2) is 27.9 Å². The Morgan fingerprint density at radius 3 is 1.69 bits per heavy atom. The Morgan fingerprint density at radius 1 is 0.625 bits per heavy atom.